The second-order valence-corrected chi connectivity index (χ2v) is 10.7. The molecule has 0 spiro atoms. The molecule has 7 nitrogen and oxygen atoms in total. The van der Waals surface area contributed by atoms with E-state index in [0.29, 0.717) is 34.2 Å². The summed E-state index contributed by atoms with van der Waals surface area (Å²) in [6, 6.07) is 14.3. The molecule has 1 fully saturated rings. The third-order valence-corrected chi connectivity index (χ3v) is 8.10. The van der Waals surface area contributed by atoms with Crippen LogP contribution < -0.4 is 0 Å². The molecule has 2 aliphatic heterocycles. The molecule has 3 aromatic carbocycles. The Morgan fingerprint density at radius 3 is 2.28 bits per heavy atom. The number of carboxylic acid groups (broad SMARTS) is 1. The van der Waals surface area contributed by atoms with Gasteiger partial charge in [-0.05, 0) is 54.4 Å². The first kappa shape index (κ1) is 27.6. The number of benzene rings is 3. The first-order valence-corrected chi connectivity index (χ1v) is 13.1. The highest BCUT2D eigenvalue weighted by Crippen LogP contribution is 2.52. The summed E-state index contributed by atoms with van der Waals surface area (Å²) in [5.74, 6) is -2.62. The van der Waals surface area contributed by atoms with E-state index in [-0.39, 0.29) is 16.7 Å². The van der Waals surface area contributed by atoms with Gasteiger partial charge in [0.25, 0.3) is 5.91 Å². The first-order chi connectivity index (χ1) is 18.5. The number of aliphatic hydroxyl groups is 1. The molecule has 1 amide bonds. The van der Waals surface area contributed by atoms with Gasteiger partial charge in [-0.15, -0.1) is 0 Å². The molecule has 3 aromatic rings. The molecular formula is C29H26Cl2FNO6. The van der Waals surface area contributed by atoms with Crippen LogP contribution in [0.4, 0.5) is 4.39 Å². The van der Waals surface area contributed by atoms with Crippen LogP contribution in [-0.2, 0) is 25.6 Å². The van der Waals surface area contributed by atoms with Gasteiger partial charge in [-0.1, -0.05) is 47.5 Å². The average molecular weight is 574 g/mol. The van der Waals surface area contributed by atoms with Crippen molar-refractivity contribution in [3.63, 3.8) is 0 Å². The van der Waals surface area contributed by atoms with Crippen LogP contribution in [0, 0.1) is 5.82 Å². The minimum absolute atomic E-state index is 0.0502. The second-order valence-electron chi connectivity index (χ2n) is 9.87. The molecule has 5 rings (SSSR count). The van der Waals surface area contributed by atoms with E-state index in [4.69, 9.17) is 32.7 Å². The van der Waals surface area contributed by atoms with E-state index < -0.39 is 47.6 Å². The normalized spacial score (nSPS) is 22.7. The van der Waals surface area contributed by atoms with E-state index in [1.165, 1.54) is 31.1 Å². The number of hydrogen-bond acceptors (Lipinski definition) is 5. The van der Waals surface area contributed by atoms with Crippen LogP contribution in [0.15, 0.2) is 60.7 Å². The highest BCUT2D eigenvalue weighted by molar-refractivity contribution is 6.30. The van der Waals surface area contributed by atoms with Crippen LogP contribution in [0.25, 0.3) is 0 Å². The van der Waals surface area contributed by atoms with E-state index in [1.54, 1.807) is 48.5 Å². The van der Waals surface area contributed by atoms with Crippen molar-refractivity contribution in [2.45, 2.75) is 43.2 Å². The monoisotopic (exact) mass is 573 g/mol. The quantitative estimate of drug-likeness (QED) is 0.361. The van der Waals surface area contributed by atoms with Crippen molar-refractivity contribution in [2.75, 3.05) is 13.7 Å². The van der Waals surface area contributed by atoms with Gasteiger partial charge in [-0.3, -0.25) is 14.5 Å². The Labute approximate surface area is 234 Å². The molecule has 39 heavy (non-hydrogen) atoms. The number of methoxy groups -OCH3 is 1. The molecule has 2 N–H and O–H groups in total. The molecule has 204 valence electrons. The van der Waals surface area contributed by atoms with Crippen LogP contribution in [0.3, 0.4) is 0 Å². The summed E-state index contributed by atoms with van der Waals surface area (Å²) in [5, 5.41) is 21.9. The zero-order chi connectivity index (χ0) is 28.1. The van der Waals surface area contributed by atoms with E-state index >= 15 is 4.39 Å². The van der Waals surface area contributed by atoms with Gasteiger partial charge in [-0.2, -0.15) is 0 Å². The molecule has 4 atom stereocenters. The summed E-state index contributed by atoms with van der Waals surface area (Å²) in [7, 11) is 1.33. The predicted molar refractivity (Wildman–Crippen MR) is 142 cm³/mol. The minimum atomic E-state index is -1.85. The molecular weight excluding hydrogens is 548 g/mol. The third-order valence-electron chi connectivity index (χ3n) is 7.59. The van der Waals surface area contributed by atoms with Gasteiger partial charge in [0.15, 0.2) is 5.72 Å². The number of ether oxygens (including phenoxy) is 2. The van der Waals surface area contributed by atoms with Gasteiger partial charge in [0.2, 0.25) is 0 Å². The summed E-state index contributed by atoms with van der Waals surface area (Å²) >= 11 is 12.2. The lowest BCUT2D eigenvalue weighted by atomic mass is 9.83. The highest BCUT2D eigenvalue weighted by Gasteiger charge is 2.57. The molecule has 1 saturated heterocycles. The van der Waals surface area contributed by atoms with E-state index in [2.05, 4.69) is 0 Å². The fourth-order valence-corrected chi connectivity index (χ4v) is 5.77. The molecule has 0 bridgehead atoms. The maximum Gasteiger partial charge on any atom is 0.305 e. The van der Waals surface area contributed by atoms with Gasteiger partial charge in [-0.25, -0.2) is 4.39 Å². The number of carboxylic acids is 1. The zero-order valence-electron chi connectivity index (χ0n) is 21.2. The molecule has 0 aliphatic carbocycles. The maximum absolute atomic E-state index is 16.3. The summed E-state index contributed by atoms with van der Waals surface area (Å²) in [6.07, 6.45) is -0.474. The van der Waals surface area contributed by atoms with Gasteiger partial charge in [0, 0.05) is 35.7 Å². The van der Waals surface area contributed by atoms with Gasteiger partial charge >= 0.3 is 5.97 Å². The largest absolute Gasteiger partial charge is 0.481 e. The number of carbonyl (C=O) groups is 2. The van der Waals surface area contributed by atoms with Crippen molar-refractivity contribution in [3.8, 4) is 0 Å². The fraction of sp³-hybridized carbons (Fsp3) is 0.310. The smallest absolute Gasteiger partial charge is 0.305 e. The van der Waals surface area contributed by atoms with Crippen LogP contribution >= 0.6 is 23.2 Å². The van der Waals surface area contributed by atoms with Crippen molar-refractivity contribution in [3.05, 3.63) is 104 Å². The second kappa shape index (κ2) is 10.2. The number of rotatable bonds is 8. The Morgan fingerprint density at radius 1 is 1.18 bits per heavy atom. The topological polar surface area (TPSA) is 96.3 Å². The van der Waals surface area contributed by atoms with E-state index in [9.17, 15) is 19.8 Å². The van der Waals surface area contributed by atoms with E-state index in [1.807, 2.05) is 0 Å². The molecule has 2 heterocycles. The van der Waals surface area contributed by atoms with Crippen molar-refractivity contribution >= 4 is 35.1 Å². The van der Waals surface area contributed by atoms with Crippen molar-refractivity contribution in [1.82, 2.24) is 4.90 Å². The van der Waals surface area contributed by atoms with Gasteiger partial charge in [0.05, 0.1) is 29.7 Å². The first-order valence-electron chi connectivity index (χ1n) is 12.3. The van der Waals surface area contributed by atoms with Crippen LogP contribution in [0.5, 0.6) is 0 Å². The lowest BCUT2D eigenvalue weighted by molar-refractivity contribution is -0.168. The molecule has 0 aromatic heterocycles. The van der Waals surface area contributed by atoms with Gasteiger partial charge < -0.3 is 19.7 Å². The van der Waals surface area contributed by atoms with Crippen molar-refractivity contribution < 1.29 is 33.7 Å². The number of nitrogens with zero attached hydrogens (tertiary/aromatic N) is 1. The SMILES string of the molecule is CO[C@]1(c2ccc(Cl)cc2)c2c(F)cc(C(C)(O)C3CCO3)cc2C(=O)N1[C@@H](CC(=O)O)c1ccc(Cl)cc1. The maximum atomic E-state index is 16.3. The molecule has 2 unspecified atom stereocenters. The van der Waals surface area contributed by atoms with E-state index in [0.717, 1.165) is 0 Å². The van der Waals surface area contributed by atoms with Gasteiger partial charge in [0.1, 0.15) is 11.4 Å². The van der Waals surface area contributed by atoms with Crippen LogP contribution in [-0.4, -0.2) is 46.8 Å². The number of aliphatic carboxylic acids is 1. The Bertz CT molecular complexity index is 1420. The Kier molecular flexibility index (Phi) is 7.20. The number of carbonyl (C=O) groups excluding carboxylic acids is 1. The molecule has 0 saturated carbocycles. The predicted octanol–water partition coefficient (Wildman–Crippen LogP) is 5.65. The molecule has 0 radical (unpaired) electrons. The number of fused-ring (bicyclic) bond motifs is 1. The third kappa shape index (κ3) is 4.50. The Hall–Kier alpha value is -3.01. The molecule has 2 aliphatic rings. The summed E-state index contributed by atoms with van der Waals surface area (Å²) in [4.78, 5) is 27.6. The Balaban J connectivity index is 1.78. The van der Waals surface area contributed by atoms with Crippen LogP contribution in [0.1, 0.15) is 58.4 Å². The lowest BCUT2D eigenvalue weighted by Crippen LogP contribution is -2.49. The number of hydrogen-bond donors (Lipinski definition) is 2. The summed E-state index contributed by atoms with van der Waals surface area (Å²) in [5.41, 5.74) is -2.55. The number of halogens is 3. The number of amides is 1. The van der Waals surface area contributed by atoms with Crippen molar-refractivity contribution in [2.24, 2.45) is 0 Å². The standard InChI is InChI=1S/C29H26Cl2FNO6/c1-28(37,24-11-12-39-24)18-13-21-26(22(32)14-18)29(38-2,17-5-9-20(31)10-6-17)33(27(21)36)23(15-25(34)35)16-3-7-19(30)8-4-16/h3-10,13-14,23-24,37H,11-12,15H2,1-2H3,(H,34,35)/t23-,24?,28?,29+/m0/s1. The molecule has 10 heteroatoms. The highest BCUT2D eigenvalue weighted by atomic mass is 35.5. The Morgan fingerprint density at radius 2 is 1.77 bits per heavy atom. The fourth-order valence-electron chi connectivity index (χ4n) is 5.52. The minimum Gasteiger partial charge on any atom is -0.481 e. The zero-order valence-corrected chi connectivity index (χ0v) is 22.7. The summed E-state index contributed by atoms with van der Waals surface area (Å²) < 4.78 is 27.8. The summed E-state index contributed by atoms with van der Waals surface area (Å²) in [6.45, 7) is 1.99. The van der Waals surface area contributed by atoms with Crippen molar-refractivity contribution in [1.29, 1.82) is 0 Å². The lowest BCUT2D eigenvalue weighted by Gasteiger charge is -2.42. The average Bonchev–Trinajstić information content (AvgIpc) is 3.11. The van der Waals surface area contributed by atoms with Crippen LogP contribution in [0.2, 0.25) is 10.0 Å².